The van der Waals surface area contributed by atoms with Gasteiger partial charge in [-0.3, -0.25) is 0 Å². The van der Waals surface area contributed by atoms with Crippen molar-refractivity contribution in [2.45, 2.75) is 12.8 Å². The van der Waals surface area contributed by atoms with Gasteiger partial charge in [0.15, 0.2) is 0 Å². The van der Waals surface area contributed by atoms with Gasteiger partial charge in [0.1, 0.15) is 5.75 Å². The number of halogens is 2. The number of carbonyl (C=O) groups excluding carboxylic acids is 1. The Morgan fingerprint density at radius 2 is 1.86 bits per heavy atom. The number of carboxylic acid groups (broad SMARTS) is 1. The molecule has 0 fully saturated rings. The van der Waals surface area contributed by atoms with Crippen LogP contribution in [0.2, 0.25) is 10.0 Å². The number of carbonyl (C=O) groups is 1. The molecule has 2 aromatic carbocycles. The molecule has 0 aliphatic carbocycles. The summed E-state index contributed by atoms with van der Waals surface area (Å²) in [5, 5.41) is 12.3. The Balaban J connectivity index is 0.00000280. The van der Waals surface area contributed by atoms with Crippen LogP contribution < -0.4 is 39.4 Å². The minimum absolute atomic E-state index is 0. The third kappa shape index (κ3) is 6.50. The number of hydrogen-bond acceptors (Lipinski definition) is 4. The van der Waals surface area contributed by atoms with Gasteiger partial charge < -0.3 is 14.6 Å². The predicted octanol–water partition coefficient (Wildman–Crippen LogP) is 1.62. The van der Waals surface area contributed by atoms with Crippen LogP contribution in [0.15, 0.2) is 48.5 Å². The van der Waals surface area contributed by atoms with E-state index in [4.69, 9.17) is 27.9 Å². The number of ether oxygens (including phenoxy) is 1. The number of rotatable bonds is 7. The van der Waals surface area contributed by atoms with E-state index in [0.29, 0.717) is 28.8 Å². The van der Waals surface area contributed by atoms with Crippen LogP contribution in [-0.4, -0.2) is 17.6 Å². The zero-order chi connectivity index (χ0) is 19.2. The topological polar surface area (TPSA) is 62.2 Å². The number of aliphatic carboxylic acids is 1. The fourth-order valence-corrected chi connectivity index (χ4v) is 2.85. The van der Waals surface area contributed by atoms with Gasteiger partial charge in [0.05, 0.1) is 27.9 Å². The zero-order valence-corrected chi connectivity index (χ0v) is 18.8. The quantitative estimate of drug-likeness (QED) is 0.427. The molecule has 0 bridgehead atoms. The second kappa shape index (κ2) is 10.8. The maximum absolute atomic E-state index is 10.4. The molecule has 3 rings (SSSR count). The molecule has 0 aliphatic heterocycles. The minimum atomic E-state index is -1.07. The standard InChI is InChI=1S/C21H17Cl2NO3.Na/c22-18-12-15-7-9-16(24-20(15)13-19(18)23)8-6-14-3-1-4-17(11-14)27-10-2-5-21(25)26;/h1,3-4,6-9,11-13H,2,5,10H2,(H,25,26);/q;+1/p-1/b8-6+;. The molecule has 138 valence electrons. The SMILES string of the molecule is O=C([O-])CCCOc1cccc(/C=C/c2ccc3cc(Cl)c(Cl)cc3n2)c1.[Na+]. The molecular weight excluding hydrogens is 408 g/mol. The van der Waals surface area contributed by atoms with E-state index in [9.17, 15) is 9.90 Å². The molecule has 0 radical (unpaired) electrons. The summed E-state index contributed by atoms with van der Waals surface area (Å²) in [6.07, 6.45) is 4.23. The molecule has 7 heteroatoms. The van der Waals surface area contributed by atoms with Crippen molar-refractivity contribution in [3.05, 3.63) is 69.8 Å². The van der Waals surface area contributed by atoms with E-state index < -0.39 is 5.97 Å². The van der Waals surface area contributed by atoms with Crippen molar-refractivity contribution in [1.82, 2.24) is 4.98 Å². The number of aromatic nitrogens is 1. The van der Waals surface area contributed by atoms with Gasteiger partial charge in [0.25, 0.3) is 0 Å². The van der Waals surface area contributed by atoms with Crippen LogP contribution in [0.1, 0.15) is 24.1 Å². The molecule has 1 heterocycles. The summed E-state index contributed by atoms with van der Waals surface area (Å²) >= 11 is 12.1. The van der Waals surface area contributed by atoms with E-state index in [0.717, 1.165) is 22.2 Å². The fraction of sp³-hybridized carbons (Fsp3) is 0.143. The Kier molecular flexibility index (Phi) is 8.80. The molecule has 0 saturated heterocycles. The van der Waals surface area contributed by atoms with E-state index in [1.54, 1.807) is 12.1 Å². The smallest absolute Gasteiger partial charge is 0.550 e. The first kappa shape index (κ1) is 22.7. The van der Waals surface area contributed by atoms with E-state index >= 15 is 0 Å². The summed E-state index contributed by atoms with van der Waals surface area (Å²) < 4.78 is 5.56. The number of carboxylic acids is 1. The Bertz CT molecular complexity index is 1010. The van der Waals surface area contributed by atoms with Crippen molar-refractivity contribution in [2.24, 2.45) is 0 Å². The number of pyridine rings is 1. The van der Waals surface area contributed by atoms with Crippen LogP contribution in [0.5, 0.6) is 5.75 Å². The molecule has 3 aromatic rings. The van der Waals surface area contributed by atoms with Gasteiger partial charge in [0, 0.05) is 11.4 Å². The van der Waals surface area contributed by atoms with E-state index in [1.807, 2.05) is 48.6 Å². The van der Waals surface area contributed by atoms with Gasteiger partial charge in [-0.1, -0.05) is 47.5 Å². The van der Waals surface area contributed by atoms with Gasteiger partial charge in [0.2, 0.25) is 0 Å². The molecule has 1 aromatic heterocycles. The maximum atomic E-state index is 10.4. The molecule has 0 aliphatic rings. The van der Waals surface area contributed by atoms with Crippen molar-refractivity contribution < 1.29 is 44.2 Å². The van der Waals surface area contributed by atoms with Gasteiger partial charge >= 0.3 is 29.6 Å². The van der Waals surface area contributed by atoms with Crippen LogP contribution >= 0.6 is 23.2 Å². The van der Waals surface area contributed by atoms with Crippen LogP contribution in [-0.2, 0) is 4.79 Å². The Hall–Kier alpha value is -1.56. The van der Waals surface area contributed by atoms with Crippen LogP contribution in [0.4, 0.5) is 0 Å². The molecule has 0 atom stereocenters. The Labute approximate surface area is 195 Å². The molecule has 4 nitrogen and oxygen atoms in total. The molecular formula is C21H16Cl2NNaO3. The summed E-state index contributed by atoms with van der Waals surface area (Å²) in [5.41, 5.74) is 2.51. The fourth-order valence-electron chi connectivity index (χ4n) is 2.52. The van der Waals surface area contributed by atoms with Gasteiger partial charge in [-0.2, -0.15) is 0 Å². The average molecular weight is 424 g/mol. The number of hydrogen-bond donors (Lipinski definition) is 0. The normalized spacial score (nSPS) is 10.8. The molecule has 0 spiro atoms. The van der Waals surface area contributed by atoms with Crippen LogP contribution in [0.25, 0.3) is 23.1 Å². The molecule has 28 heavy (non-hydrogen) atoms. The molecule has 0 saturated carbocycles. The maximum Gasteiger partial charge on any atom is 1.00 e. The minimum Gasteiger partial charge on any atom is -0.550 e. The third-order valence-electron chi connectivity index (χ3n) is 3.85. The number of benzene rings is 2. The van der Waals surface area contributed by atoms with Crippen LogP contribution in [0, 0.1) is 0 Å². The van der Waals surface area contributed by atoms with Gasteiger partial charge in [-0.05, 0) is 54.8 Å². The summed E-state index contributed by atoms with van der Waals surface area (Å²) in [7, 11) is 0. The van der Waals surface area contributed by atoms with Crippen molar-refractivity contribution in [1.29, 1.82) is 0 Å². The van der Waals surface area contributed by atoms with Crippen LogP contribution in [0.3, 0.4) is 0 Å². The number of nitrogens with zero attached hydrogens (tertiary/aromatic N) is 1. The van der Waals surface area contributed by atoms with Crippen molar-refractivity contribution in [3.8, 4) is 5.75 Å². The van der Waals surface area contributed by atoms with Gasteiger partial charge in [-0.25, -0.2) is 4.98 Å². The third-order valence-corrected chi connectivity index (χ3v) is 4.57. The summed E-state index contributed by atoms with van der Waals surface area (Å²) in [5.74, 6) is -0.384. The summed E-state index contributed by atoms with van der Waals surface area (Å²) in [6.45, 7) is 0.330. The monoisotopic (exact) mass is 423 g/mol. The first-order valence-corrected chi connectivity index (χ1v) is 9.13. The summed E-state index contributed by atoms with van der Waals surface area (Å²) in [6, 6.07) is 14.9. The summed E-state index contributed by atoms with van der Waals surface area (Å²) in [4.78, 5) is 15.0. The average Bonchev–Trinajstić information content (AvgIpc) is 2.65. The molecule has 0 amide bonds. The van der Waals surface area contributed by atoms with Crippen molar-refractivity contribution in [3.63, 3.8) is 0 Å². The zero-order valence-electron chi connectivity index (χ0n) is 15.3. The second-order valence-corrected chi connectivity index (χ2v) is 6.74. The first-order chi connectivity index (χ1) is 13.0. The Morgan fingerprint density at radius 3 is 2.64 bits per heavy atom. The van der Waals surface area contributed by atoms with Gasteiger partial charge in [-0.15, -0.1) is 0 Å². The second-order valence-electron chi connectivity index (χ2n) is 5.92. The van der Waals surface area contributed by atoms with E-state index in [2.05, 4.69) is 4.98 Å². The number of fused-ring (bicyclic) bond motifs is 1. The molecule has 0 N–H and O–H groups in total. The predicted molar refractivity (Wildman–Crippen MR) is 107 cm³/mol. The van der Waals surface area contributed by atoms with E-state index in [-0.39, 0.29) is 36.0 Å². The first-order valence-electron chi connectivity index (χ1n) is 8.38. The van der Waals surface area contributed by atoms with E-state index in [1.165, 1.54) is 0 Å². The molecule has 0 unspecified atom stereocenters. The van der Waals surface area contributed by atoms with Crippen molar-refractivity contribution >= 4 is 52.2 Å². The Morgan fingerprint density at radius 1 is 1.07 bits per heavy atom. The largest absolute Gasteiger partial charge is 1.00 e. The van der Waals surface area contributed by atoms with Crippen molar-refractivity contribution in [2.75, 3.05) is 6.61 Å².